The lowest BCUT2D eigenvalue weighted by Crippen LogP contribution is -2.41. The van der Waals surface area contributed by atoms with Gasteiger partial charge in [-0.05, 0) is 73.0 Å². The van der Waals surface area contributed by atoms with Gasteiger partial charge in [0.15, 0.2) is 0 Å². The first-order chi connectivity index (χ1) is 22.9. The molecule has 0 aliphatic rings. The lowest BCUT2D eigenvalue weighted by Gasteiger charge is -2.20. The molecular weight excluding hydrogens is 635 g/mol. The van der Waals surface area contributed by atoms with E-state index in [0.29, 0.717) is 23.7 Å². The van der Waals surface area contributed by atoms with Crippen LogP contribution in [0.3, 0.4) is 0 Å². The maximum atomic E-state index is 13.0. The van der Waals surface area contributed by atoms with Crippen molar-refractivity contribution in [2.75, 3.05) is 19.8 Å². The molecule has 0 aliphatic carbocycles. The molecule has 11 heteroatoms. The minimum atomic E-state index is -5.73. The summed E-state index contributed by atoms with van der Waals surface area (Å²) in [6.45, 7) is 1.67. The van der Waals surface area contributed by atoms with Crippen LogP contribution in [0, 0.1) is 0 Å². The van der Waals surface area contributed by atoms with Crippen LogP contribution < -0.4 is 9.47 Å². The number of alkyl halides is 5. The number of hydrogen-bond acceptors (Lipinski definition) is 6. The summed E-state index contributed by atoms with van der Waals surface area (Å²) in [6, 6.07) is 19.9. The van der Waals surface area contributed by atoms with E-state index in [9.17, 15) is 31.5 Å². The van der Waals surface area contributed by atoms with Crippen molar-refractivity contribution < 1.29 is 50.5 Å². The first-order valence-corrected chi connectivity index (χ1v) is 16.3. The quantitative estimate of drug-likeness (QED) is 0.0513. The highest BCUT2D eigenvalue weighted by Gasteiger charge is 2.57. The lowest BCUT2D eigenvalue weighted by atomic mass is 10.0. The molecule has 262 valence electrons. The van der Waals surface area contributed by atoms with Crippen molar-refractivity contribution in [1.82, 2.24) is 0 Å². The lowest BCUT2D eigenvalue weighted by molar-refractivity contribution is -0.297. The summed E-state index contributed by atoms with van der Waals surface area (Å²) in [6.07, 6.45) is 4.39. The number of rotatable bonds is 20. The molecule has 0 saturated carbocycles. The summed E-state index contributed by atoms with van der Waals surface area (Å²) >= 11 is 0. The molecule has 0 radical (unpaired) electrons. The molecule has 0 unspecified atom stereocenters. The summed E-state index contributed by atoms with van der Waals surface area (Å²) < 4.78 is 83.4. The second-order valence-corrected chi connectivity index (χ2v) is 11.6. The first kappa shape index (κ1) is 38.5. The number of carbonyl (C=O) groups excluding carboxylic acids is 2. The molecule has 0 saturated heterocycles. The van der Waals surface area contributed by atoms with Crippen LogP contribution in [-0.4, -0.2) is 50.0 Å². The summed E-state index contributed by atoms with van der Waals surface area (Å²) in [4.78, 5) is 25.0. The first-order valence-electron chi connectivity index (χ1n) is 16.3. The van der Waals surface area contributed by atoms with E-state index in [4.69, 9.17) is 14.2 Å². The zero-order valence-corrected chi connectivity index (χ0v) is 27.3. The second kappa shape index (κ2) is 19.1. The summed E-state index contributed by atoms with van der Waals surface area (Å²) in [5.41, 5.74) is 2.05. The van der Waals surface area contributed by atoms with Crippen LogP contribution in [0.2, 0.25) is 0 Å². The number of halogens is 5. The molecule has 0 bridgehead atoms. The molecule has 3 aromatic carbocycles. The number of carbonyl (C=O) groups is 2. The average molecular weight is 679 g/mol. The predicted octanol–water partition coefficient (Wildman–Crippen LogP) is 10.2. The molecule has 0 aliphatic heterocycles. The molecular formula is C37H43F5O6. The Hall–Kier alpha value is -3.99. The van der Waals surface area contributed by atoms with Gasteiger partial charge in [-0.3, -0.25) is 0 Å². The van der Waals surface area contributed by atoms with Crippen LogP contribution in [0.1, 0.15) is 92.4 Å². The van der Waals surface area contributed by atoms with Crippen molar-refractivity contribution in [3.63, 3.8) is 0 Å². The van der Waals surface area contributed by atoms with Crippen LogP contribution in [-0.2, 0) is 9.47 Å². The Labute approximate surface area is 278 Å². The molecule has 3 aromatic rings. The van der Waals surface area contributed by atoms with Crippen molar-refractivity contribution >= 4 is 11.9 Å². The average Bonchev–Trinajstić information content (AvgIpc) is 3.05. The van der Waals surface area contributed by atoms with Crippen molar-refractivity contribution in [3.8, 4) is 22.6 Å². The Morgan fingerprint density at radius 3 is 1.69 bits per heavy atom. The fraction of sp³-hybridized carbons (Fsp3) is 0.459. The fourth-order valence-electron chi connectivity index (χ4n) is 4.69. The Kier molecular flexibility index (Phi) is 15.3. The van der Waals surface area contributed by atoms with Gasteiger partial charge in [0.25, 0.3) is 0 Å². The van der Waals surface area contributed by atoms with Gasteiger partial charge in [-0.15, -0.1) is 0 Å². The van der Waals surface area contributed by atoms with Crippen molar-refractivity contribution in [2.24, 2.45) is 0 Å². The van der Waals surface area contributed by atoms with Gasteiger partial charge in [0, 0.05) is 0 Å². The number of esters is 2. The molecule has 48 heavy (non-hydrogen) atoms. The maximum absolute atomic E-state index is 13.0. The van der Waals surface area contributed by atoms with Gasteiger partial charge in [0.05, 0.1) is 24.3 Å². The largest absolute Gasteiger partial charge is 0.494 e. The highest BCUT2D eigenvalue weighted by molar-refractivity contribution is 5.91. The van der Waals surface area contributed by atoms with E-state index in [1.54, 1.807) is 60.7 Å². The predicted molar refractivity (Wildman–Crippen MR) is 173 cm³/mol. The highest BCUT2D eigenvalue weighted by atomic mass is 19.4. The minimum Gasteiger partial charge on any atom is -0.494 e. The molecule has 0 aromatic heterocycles. The normalized spacial score (nSPS) is 12.4. The van der Waals surface area contributed by atoms with E-state index in [2.05, 4.69) is 11.7 Å². The van der Waals surface area contributed by atoms with Crippen LogP contribution in [0.5, 0.6) is 11.5 Å². The smallest absolute Gasteiger partial charge is 0.455 e. The topological polar surface area (TPSA) is 71.1 Å². The molecule has 1 atom stereocenters. The molecule has 0 heterocycles. The third-order valence-electron chi connectivity index (χ3n) is 7.48. The molecule has 3 rings (SSSR count). The SMILES string of the molecule is CCCCCCCCCCCOc1ccc(C(=O)Oc2ccc(-c3ccc(C(=O)O[C@H](C)COCC(F)(F)C(F)(F)F)cc3)cc2)cc1. The van der Waals surface area contributed by atoms with E-state index in [-0.39, 0.29) is 5.56 Å². The summed E-state index contributed by atoms with van der Waals surface area (Å²) in [5, 5.41) is 0. The Morgan fingerprint density at radius 2 is 1.12 bits per heavy atom. The minimum absolute atomic E-state index is 0.150. The number of hydrogen-bond donors (Lipinski definition) is 0. The Balaban J connectivity index is 1.39. The summed E-state index contributed by atoms with van der Waals surface area (Å²) in [5.74, 6) is -5.25. The van der Waals surface area contributed by atoms with Gasteiger partial charge in [0.1, 0.15) is 24.2 Å². The monoisotopic (exact) mass is 678 g/mol. The van der Waals surface area contributed by atoms with Crippen molar-refractivity contribution in [2.45, 2.75) is 89.8 Å². The number of unbranched alkanes of at least 4 members (excludes halogenated alkanes) is 8. The Morgan fingerprint density at radius 1 is 0.646 bits per heavy atom. The van der Waals surface area contributed by atoms with Crippen LogP contribution in [0.4, 0.5) is 22.0 Å². The number of ether oxygens (including phenoxy) is 4. The van der Waals surface area contributed by atoms with E-state index in [0.717, 1.165) is 24.0 Å². The van der Waals surface area contributed by atoms with E-state index >= 15 is 0 Å². The number of benzene rings is 3. The zero-order valence-electron chi connectivity index (χ0n) is 27.3. The zero-order chi connectivity index (χ0) is 35.0. The standard InChI is InChI=1S/C37H43F5O6/c1-3-4-5-6-7-8-9-10-11-24-46-32-20-18-31(19-21-32)35(44)48-33-22-16-29(17-23-33)28-12-14-30(15-13-28)34(43)47-27(2)25-45-26-36(38,39)37(40,41)42/h12-23,27H,3-11,24-26H2,1-2H3/t27-/m1/s1. The third kappa shape index (κ3) is 12.9. The molecule has 6 nitrogen and oxygen atoms in total. The van der Waals surface area contributed by atoms with Gasteiger partial charge in [-0.1, -0.05) is 82.6 Å². The van der Waals surface area contributed by atoms with Gasteiger partial charge in [0.2, 0.25) is 0 Å². The van der Waals surface area contributed by atoms with Gasteiger partial charge >= 0.3 is 24.0 Å². The molecule has 0 amide bonds. The second-order valence-electron chi connectivity index (χ2n) is 11.6. The van der Waals surface area contributed by atoms with E-state index < -0.39 is 43.4 Å². The van der Waals surface area contributed by atoms with Crippen LogP contribution >= 0.6 is 0 Å². The molecule has 0 spiro atoms. The van der Waals surface area contributed by atoms with Crippen LogP contribution in [0.25, 0.3) is 11.1 Å². The fourth-order valence-corrected chi connectivity index (χ4v) is 4.69. The van der Waals surface area contributed by atoms with Crippen LogP contribution in [0.15, 0.2) is 72.8 Å². The summed E-state index contributed by atoms with van der Waals surface area (Å²) in [7, 11) is 0. The third-order valence-corrected chi connectivity index (χ3v) is 7.48. The molecule has 0 N–H and O–H groups in total. The van der Waals surface area contributed by atoms with Gasteiger partial charge in [-0.25, -0.2) is 9.59 Å². The Bertz CT molecular complexity index is 1390. The van der Waals surface area contributed by atoms with Crippen molar-refractivity contribution in [3.05, 3.63) is 83.9 Å². The van der Waals surface area contributed by atoms with Crippen molar-refractivity contribution in [1.29, 1.82) is 0 Å². The molecule has 0 fully saturated rings. The van der Waals surface area contributed by atoms with E-state index in [1.807, 2.05) is 0 Å². The van der Waals surface area contributed by atoms with E-state index in [1.165, 1.54) is 64.0 Å². The van der Waals surface area contributed by atoms with Gasteiger partial charge in [-0.2, -0.15) is 22.0 Å². The highest BCUT2D eigenvalue weighted by Crippen LogP contribution is 2.35. The maximum Gasteiger partial charge on any atom is 0.455 e. The van der Waals surface area contributed by atoms with Gasteiger partial charge < -0.3 is 18.9 Å².